The van der Waals surface area contributed by atoms with Crippen LogP contribution in [0.5, 0.6) is 0 Å². The van der Waals surface area contributed by atoms with Crippen LogP contribution < -0.4 is 10.6 Å². The summed E-state index contributed by atoms with van der Waals surface area (Å²) in [6.07, 6.45) is 2.67. The van der Waals surface area contributed by atoms with Gasteiger partial charge in [0.15, 0.2) is 5.96 Å². The van der Waals surface area contributed by atoms with E-state index >= 15 is 0 Å². The minimum Gasteiger partial charge on any atom is -0.356 e. The van der Waals surface area contributed by atoms with Gasteiger partial charge in [0.05, 0.1) is 12.2 Å². The van der Waals surface area contributed by atoms with E-state index in [-0.39, 0.29) is 24.0 Å². The van der Waals surface area contributed by atoms with Crippen LogP contribution in [0.4, 0.5) is 0 Å². The van der Waals surface area contributed by atoms with Crippen LogP contribution in [0.3, 0.4) is 0 Å². The van der Waals surface area contributed by atoms with Crippen LogP contribution in [0.25, 0.3) is 10.6 Å². The molecular formula is C19H22IN5S. The number of aliphatic imine (C=N–C) groups is 1. The van der Waals surface area contributed by atoms with Crippen molar-refractivity contribution in [1.82, 2.24) is 20.6 Å². The first-order valence-corrected chi connectivity index (χ1v) is 9.07. The summed E-state index contributed by atoms with van der Waals surface area (Å²) in [6.45, 7) is 1.43. The van der Waals surface area contributed by atoms with E-state index in [0.29, 0.717) is 6.54 Å². The third kappa shape index (κ3) is 6.06. The van der Waals surface area contributed by atoms with Gasteiger partial charge in [-0.25, -0.2) is 4.98 Å². The maximum atomic E-state index is 4.68. The summed E-state index contributed by atoms with van der Waals surface area (Å²) in [6, 6.07) is 16.2. The van der Waals surface area contributed by atoms with Gasteiger partial charge in [0.1, 0.15) is 5.01 Å². The fourth-order valence-electron chi connectivity index (χ4n) is 2.35. The zero-order valence-electron chi connectivity index (χ0n) is 14.6. The highest BCUT2D eigenvalue weighted by atomic mass is 127. The lowest BCUT2D eigenvalue weighted by Crippen LogP contribution is -2.38. The number of halogens is 1. The van der Waals surface area contributed by atoms with Gasteiger partial charge >= 0.3 is 0 Å². The Balaban J connectivity index is 0.00000243. The molecule has 26 heavy (non-hydrogen) atoms. The van der Waals surface area contributed by atoms with E-state index in [1.165, 1.54) is 0 Å². The second-order valence-electron chi connectivity index (χ2n) is 5.43. The molecule has 0 saturated carbocycles. The zero-order valence-corrected chi connectivity index (χ0v) is 17.7. The molecule has 2 N–H and O–H groups in total. The number of hydrogen-bond donors (Lipinski definition) is 2. The number of guanidine groups is 1. The molecule has 1 aromatic carbocycles. The highest BCUT2D eigenvalue weighted by molar-refractivity contribution is 14.0. The first kappa shape index (κ1) is 20.3. The third-order valence-corrected chi connectivity index (χ3v) is 4.57. The van der Waals surface area contributed by atoms with E-state index in [9.17, 15) is 0 Å². The molecule has 0 unspecified atom stereocenters. The second-order valence-corrected chi connectivity index (χ2v) is 6.29. The Bertz CT molecular complexity index is 805. The normalized spacial score (nSPS) is 10.9. The third-order valence-electron chi connectivity index (χ3n) is 3.63. The zero-order chi connectivity index (χ0) is 17.3. The summed E-state index contributed by atoms with van der Waals surface area (Å²) in [5, 5.41) is 9.72. The van der Waals surface area contributed by atoms with Crippen LogP contribution in [0.15, 0.2) is 65.1 Å². The Morgan fingerprint density at radius 1 is 1.04 bits per heavy atom. The SMILES string of the molecule is CN=C(NCCc1ccccn1)NCc1csc(-c2ccccc2)n1.I. The predicted octanol–water partition coefficient (Wildman–Crippen LogP) is 3.73. The van der Waals surface area contributed by atoms with E-state index in [4.69, 9.17) is 0 Å². The molecule has 0 bridgehead atoms. The van der Waals surface area contributed by atoms with Gasteiger partial charge in [-0.3, -0.25) is 9.98 Å². The Hall–Kier alpha value is -2.00. The highest BCUT2D eigenvalue weighted by Gasteiger charge is 2.05. The average Bonchev–Trinajstić information content (AvgIpc) is 3.15. The van der Waals surface area contributed by atoms with E-state index in [0.717, 1.165) is 40.9 Å². The van der Waals surface area contributed by atoms with Crippen LogP contribution in [-0.4, -0.2) is 29.5 Å². The fraction of sp³-hybridized carbons (Fsp3) is 0.211. The molecule has 136 valence electrons. The number of aromatic nitrogens is 2. The number of nitrogens with one attached hydrogen (secondary N) is 2. The van der Waals surface area contributed by atoms with Gasteiger partial charge in [0, 0.05) is 42.8 Å². The smallest absolute Gasteiger partial charge is 0.191 e. The van der Waals surface area contributed by atoms with Crippen molar-refractivity contribution in [2.75, 3.05) is 13.6 Å². The molecule has 3 aromatic rings. The number of pyridine rings is 1. The summed E-state index contributed by atoms with van der Waals surface area (Å²) in [5.41, 5.74) is 3.23. The number of rotatable bonds is 6. The number of nitrogens with zero attached hydrogens (tertiary/aromatic N) is 3. The molecule has 0 radical (unpaired) electrons. The van der Waals surface area contributed by atoms with E-state index in [1.54, 1.807) is 18.4 Å². The Labute approximate surface area is 175 Å². The highest BCUT2D eigenvalue weighted by Crippen LogP contribution is 2.23. The summed E-state index contributed by atoms with van der Waals surface area (Å²) in [5.74, 6) is 0.769. The molecule has 2 aromatic heterocycles. The van der Waals surface area contributed by atoms with Crippen LogP contribution in [0.2, 0.25) is 0 Å². The molecule has 0 saturated heterocycles. The maximum Gasteiger partial charge on any atom is 0.191 e. The van der Waals surface area contributed by atoms with Crippen molar-refractivity contribution >= 4 is 41.3 Å². The van der Waals surface area contributed by atoms with Crippen LogP contribution in [0.1, 0.15) is 11.4 Å². The van der Waals surface area contributed by atoms with Crippen LogP contribution in [0, 0.1) is 0 Å². The van der Waals surface area contributed by atoms with Crippen LogP contribution >= 0.6 is 35.3 Å². The summed E-state index contributed by atoms with van der Waals surface area (Å²) in [7, 11) is 1.77. The standard InChI is InChI=1S/C19H21N5S.HI/c1-20-19(22-12-10-16-9-5-6-11-21-16)23-13-17-14-25-18(24-17)15-7-3-2-4-8-15;/h2-9,11,14H,10,12-13H2,1H3,(H2,20,22,23);1H. The minimum atomic E-state index is 0. The van der Waals surface area contributed by atoms with Gasteiger partial charge < -0.3 is 10.6 Å². The first-order chi connectivity index (χ1) is 12.3. The molecule has 0 fully saturated rings. The van der Waals surface area contributed by atoms with E-state index in [1.807, 2.05) is 42.6 Å². The van der Waals surface area contributed by atoms with E-state index < -0.39 is 0 Å². The molecule has 7 heteroatoms. The first-order valence-electron chi connectivity index (χ1n) is 8.19. The molecule has 5 nitrogen and oxygen atoms in total. The maximum absolute atomic E-state index is 4.68. The van der Waals surface area contributed by atoms with Gasteiger partial charge in [0.25, 0.3) is 0 Å². The molecular weight excluding hydrogens is 457 g/mol. The van der Waals surface area contributed by atoms with Gasteiger partial charge in [0.2, 0.25) is 0 Å². The fourth-order valence-corrected chi connectivity index (χ4v) is 3.18. The lowest BCUT2D eigenvalue weighted by Gasteiger charge is -2.10. The quantitative estimate of drug-likeness (QED) is 0.322. The van der Waals surface area contributed by atoms with Crippen LogP contribution in [-0.2, 0) is 13.0 Å². The van der Waals surface area contributed by atoms with Crippen molar-refractivity contribution in [2.45, 2.75) is 13.0 Å². The molecule has 0 amide bonds. The Morgan fingerprint density at radius 3 is 2.58 bits per heavy atom. The average molecular weight is 479 g/mol. The number of benzene rings is 1. The number of thiazole rings is 1. The van der Waals surface area contributed by atoms with Crippen molar-refractivity contribution in [2.24, 2.45) is 4.99 Å². The molecule has 0 atom stereocenters. The van der Waals surface area contributed by atoms with Gasteiger partial charge in [-0.15, -0.1) is 35.3 Å². The minimum absolute atomic E-state index is 0. The van der Waals surface area contributed by atoms with E-state index in [2.05, 4.69) is 43.1 Å². The summed E-state index contributed by atoms with van der Waals surface area (Å²) < 4.78 is 0. The van der Waals surface area contributed by atoms with Crippen molar-refractivity contribution in [3.63, 3.8) is 0 Å². The monoisotopic (exact) mass is 479 g/mol. The summed E-state index contributed by atoms with van der Waals surface area (Å²) >= 11 is 1.66. The molecule has 3 rings (SSSR count). The van der Waals surface area contributed by atoms with Gasteiger partial charge in [-0.1, -0.05) is 36.4 Å². The van der Waals surface area contributed by atoms with Gasteiger partial charge in [-0.05, 0) is 12.1 Å². The van der Waals surface area contributed by atoms with Crippen molar-refractivity contribution in [3.05, 3.63) is 71.5 Å². The molecule has 0 aliphatic carbocycles. The van der Waals surface area contributed by atoms with Crippen molar-refractivity contribution in [3.8, 4) is 10.6 Å². The van der Waals surface area contributed by atoms with Gasteiger partial charge in [-0.2, -0.15) is 0 Å². The lowest BCUT2D eigenvalue weighted by molar-refractivity contribution is 0.778. The largest absolute Gasteiger partial charge is 0.356 e. The lowest BCUT2D eigenvalue weighted by atomic mass is 10.2. The van der Waals surface area contributed by atoms with Crippen molar-refractivity contribution < 1.29 is 0 Å². The molecule has 0 spiro atoms. The Morgan fingerprint density at radius 2 is 1.85 bits per heavy atom. The second kappa shape index (κ2) is 10.9. The summed E-state index contributed by atoms with van der Waals surface area (Å²) in [4.78, 5) is 13.2. The van der Waals surface area contributed by atoms with Crippen molar-refractivity contribution in [1.29, 1.82) is 0 Å². The number of hydrogen-bond acceptors (Lipinski definition) is 4. The molecule has 2 heterocycles. The molecule has 0 aliphatic rings. The molecule has 0 aliphatic heterocycles. The topological polar surface area (TPSA) is 62.2 Å². The Kier molecular flexibility index (Phi) is 8.49. The predicted molar refractivity (Wildman–Crippen MR) is 119 cm³/mol.